The van der Waals surface area contributed by atoms with E-state index in [1.54, 1.807) is 6.92 Å². The van der Waals surface area contributed by atoms with Crippen LogP contribution >= 0.6 is 15.9 Å². The second-order valence-electron chi connectivity index (χ2n) is 4.40. The van der Waals surface area contributed by atoms with Crippen molar-refractivity contribution in [2.75, 3.05) is 0 Å². The Kier molecular flexibility index (Phi) is 4.74. The van der Waals surface area contributed by atoms with Gasteiger partial charge in [-0.25, -0.2) is 0 Å². The Morgan fingerprint density at radius 3 is 1.89 bits per heavy atom. The number of rotatable bonds is 4. The van der Waals surface area contributed by atoms with Gasteiger partial charge in [0.15, 0.2) is 0 Å². The number of halogens is 1. The number of benzene rings is 2. The third kappa shape index (κ3) is 3.67. The van der Waals surface area contributed by atoms with Gasteiger partial charge < -0.3 is 5.32 Å². The summed E-state index contributed by atoms with van der Waals surface area (Å²) < 4.78 is 0. The molecule has 0 aromatic heterocycles. The summed E-state index contributed by atoms with van der Waals surface area (Å²) in [5.74, 6) is -0.0331. The van der Waals surface area contributed by atoms with Gasteiger partial charge in [-0.3, -0.25) is 4.79 Å². The maximum absolute atomic E-state index is 11.4. The first-order chi connectivity index (χ1) is 9.18. The molecule has 0 unspecified atom stereocenters. The van der Waals surface area contributed by atoms with Crippen molar-refractivity contribution in [1.29, 1.82) is 0 Å². The summed E-state index contributed by atoms with van der Waals surface area (Å²) in [6.07, 6.45) is 0. The van der Waals surface area contributed by atoms with E-state index in [0.717, 1.165) is 11.1 Å². The Balaban J connectivity index is 2.30. The molecule has 98 valence electrons. The number of carbonyl (C=O) groups excluding carboxylic acids is 1. The molecule has 0 spiro atoms. The smallest absolute Gasteiger partial charge is 0.217 e. The van der Waals surface area contributed by atoms with Gasteiger partial charge in [0, 0.05) is 6.92 Å². The highest BCUT2D eigenvalue weighted by molar-refractivity contribution is 9.09. The molecule has 19 heavy (non-hydrogen) atoms. The highest BCUT2D eigenvalue weighted by Gasteiger charge is 2.22. The van der Waals surface area contributed by atoms with Crippen LogP contribution in [0.5, 0.6) is 0 Å². The number of alkyl halides is 1. The van der Waals surface area contributed by atoms with E-state index in [9.17, 15) is 4.79 Å². The maximum atomic E-state index is 11.4. The summed E-state index contributed by atoms with van der Waals surface area (Å²) in [4.78, 5) is 11.5. The minimum Gasteiger partial charge on any atom is -0.348 e. The highest BCUT2D eigenvalue weighted by Crippen LogP contribution is 2.35. The van der Waals surface area contributed by atoms with Crippen LogP contribution in [0.3, 0.4) is 0 Å². The molecule has 1 N–H and O–H groups in total. The predicted molar refractivity (Wildman–Crippen MR) is 81.1 cm³/mol. The third-order valence-corrected chi connectivity index (χ3v) is 3.99. The van der Waals surface area contributed by atoms with E-state index in [0.29, 0.717) is 0 Å². The van der Waals surface area contributed by atoms with E-state index in [1.807, 2.05) is 48.5 Å². The summed E-state index contributed by atoms with van der Waals surface area (Å²) in [5.41, 5.74) is 2.23. The van der Waals surface area contributed by atoms with Crippen molar-refractivity contribution >= 4 is 21.8 Å². The van der Waals surface area contributed by atoms with Gasteiger partial charge in [0.1, 0.15) is 0 Å². The molecule has 2 aromatic rings. The van der Waals surface area contributed by atoms with Gasteiger partial charge in [-0.1, -0.05) is 76.6 Å². The first-order valence-electron chi connectivity index (χ1n) is 6.19. The van der Waals surface area contributed by atoms with Crippen LogP contribution < -0.4 is 5.32 Å². The lowest BCUT2D eigenvalue weighted by molar-refractivity contribution is -0.119. The first kappa shape index (κ1) is 13.8. The third-order valence-electron chi connectivity index (χ3n) is 2.93. The molecule has 2 rings (SSSR count). The van der Waals surface area contributed by atoms with Gasteiger partial charge in [0.05, 0.1) is 10.9 Å². The number of carbonyl (C=O) groups is 1. The summed E-state index contributed by atoms with van der Waals surface area (Å²) >= 11 is 3.70. The minimum absolute atomic E-state index is 0.0331. The molecular weight excluding hydrogens is 302 g/mol. The lowest BCUT2D eigenvalue weighted by Crippen LogP contribution is -2.28. The second kappa shape index (κ2) is 6.53. The molecule has 0 aliphatic carbocycles. The van der Waals surface area contributed by atoms with Gasteiger partial charge in [0.25, 0.3) is 0 Å². The van der Waals surface area contributed by atoms with E-state index >= 15 is 0 Å². The van der Waals surface area contributed by atoms with Crippen molar-refractivity contribution in [1.82, 2.24) is 5.32 Å². The summed E-state index contributed by atoms with van der Waals surface area (Å²) in [6.45, 7) is 1.54. The number of hydrogen-bond acceptors (Lipinski definition) is 1. The lowest BCUT2D eigenvalue weighted by Gasteiger charge is -2.24. The van der Waals surface area contributed by atoms with Crippen LogP contribution in [0.1, 0.15) is 28.9 Å². The molecule has 2 nitrogen and oxygen atoms in total. The molecular formula is C16H16BrNO. The molecule has 2 aromatic carbocycles. The summed E-state index contributed by atoms with van der Waals surface area (Å²) in [6, 6.07) is 20.0. The van der Waals surface area contributed by atoms with Crippen molar-refractivity contribution < 1.29 is 4.79 Å². The number of amides is 1. The van der Waals surface area contributed by atoms with Gasteiger partial charge >= 0.3 is 0 Å². The van der Waals surface area contributed by atoms with Crippen molar-refractivity contribution in [3.63, 3.8) is 0 Å². The zero-order chi connectivity index (χ0) is 13.7. The average Bonchev–Trinajstić information content (AvgIpc) is 2.46. The molecule has 0 bridgehead atoms. The van der Waals surface area contributed by atoms with Crippen LogP contribution in [0.4, 0.5) is 0 Å². The first-order valence-corrected chi connectivity index (χ1v) is 7.11. The van der Waals surface area contributed by atoms with Gasteiger partial charge in [-0.15, -0.1) is 0 Å². The topological polar surface area (TPSA) is 29.1 Å². The lowest BCUT2D eigenvalue weighted by atomic mass is 9.98. The van der Waals surface area contributed by atoms with Crippen molar-refractivity contribution in [2.24, 2.45) is 0 Å². The van der Waals surface area contributed by atoms with Gasteiger partial charge in [0.2, 0.25) is 5.91 Å². The molecule has 0 fully saturated rings. The average molecular weight is 318 g/mol. The Bertz CT molecular complexity index is 527. The van der Waals surface area contributed by atoms with Crippen LogP contribution in [-0.2, 0) is 4.79 Å². The van der Waals surface area contributed by atoms with Crippen molar-refractivity contribution in [3.05, 3.63) is 71.8 Å². The van der Waals surface area contributed by atoms with Crippen molar-refractivity contribution in [3.8, 4) is 0 Å². The van der Waals surface area contributed by atoms with E-state index in [4.69, 9.17) is 0 Å². The predicted octanol–water partition coefficient (Wildman–Crippen LogP) is 4.00. The second-order valence-corrected chi connectivity index (χ2v) is 5.39. The van der Waals surface area contributed by atoms with Gasteiger partial charge in [-0.2, -0.15) is 0 Å². The van der Waals surface area contributed by atoms with E-state index in [-0.39, 0.29) is 16.8 Å². The molecule has 0 heterocycles. The van der Waals surface area contributed by atoms with E-state index in [1.165, 1.54) is 0 Å². The molecule has 0 saturated carbocycles. The number of nitrogens with one attached hydrogen (secondary N) is 1. The largest absolute Gasteiger partial charge is 0.348 e. The summed E-state index contributed by atoms with van der Waals surface area (Å²) in [5, 5.41) is 3.01. The van der Waals surface area contributed by atoms with E-state index in [2.05, 4.69) is 33.4 Å². The fourth-order valence-electron chi connectivity index (χ4n) is 2.03. The van der Waals surface area contributed by atoms with Crippen molar-refractivity contribution in [2.45, 2.75) is 17.8 Å². The van der Waals surface area contributed by atoms with Crippen LogP contribution in [0, 0.1) is 0 Å². The fraction of sp³-hybridized carbons (Fsp3) is 0.188. The Morgan fingerprint density at radius 2 is 1.42 bits per heavy atom. The van der Waals surface area contributed by atoms with Crippen LogP contribution in [0.15, 0.2) is 60.7 Å². The molecule has 0 aliphatic heterocycles. The van der Waals surface area contributed by atoms with Crippen LogP contribution in [0.2, 0.25) is 0 Å². The standard InChI is InChI=1S/C16H16BrNO/c1-12(19)18-16(14-10-6-3-7-11-14)15(17)13-8-4-2-5-9-13/h2-11,15-16H,1H3,(H,18,19)/t15-,16+/m1/s1. The molecule has 1 amide bonds. The Hall–Kier alpha value is -1.61. The summed E-state index contributed by atoms with van der Waals surface area (Å²) in [7, 11) is 0. The zero-order valence-corrected chi connectivity index (χ0v) is 12.3. The monoisotopic (exact) mass is 317 g/mol. The van der Waals surface area contributed by atoms with Crippen LogP contribution in [0.25, 0.3) is 0 Å². The number of hydrogen-bond donors (Lipinski definition) is 1. The maximum Gasteiger partial charge on any atom is 0.217 e. The highest BCUT2D eigenvalue weighted by atomic mass is 79.9. The molecule has 2 atom stereocenters. The fourth-order valence-corrected chi connectivity index (χ4v) is 2.78. The normalized spacial score (nSPS) is 13.6. The molecule has 0 saturated heterocycles. The van der Waals surface area contributed by atoms with Crippen LogP contribution in [-0.4, -0.2) is 5.91 Å². The molecule has 0 aliphatic rings. The van der Waals surface area contributed by atoms with Gasteiger partial charge in [-0.05, 0) is 11.1 Å². The van der Waals surface area contributed by atoms with E-state index < -0.39 is 0 Å². The molecule has 0 radical (unpaired) electrons. The zero-order valence-electron chi connectivity index (χ0n) is 10.7. The Morgan fingerprint density at radius 1 is 0.947 bits per heavy atom. The minimum atomic E-state index is -0.0823. The molecule has 3 heteroatoms. The quantitative estimate of drug-likeness (QED) is 0.848. The Labute approximate surface area is 122 Å². The SMILES string of the molecule is CC(=O)N[C@@H](c1ccccc1)[C@H](Br)c1ccccc1.